The number of hydrogen-bond acceptors (Lipinski definition) is 7. The molecule has 0 bridgehead atoms. The van der Waals surface area contributed by atoms with Crippen molar-refractivity contribution in [3.63, 3.8) is 0 Å². The molecule has 4 aromatic rings. The Morgan fingerprint density at radius 2 is 1.88 bits per heavy atom. The van der Waals surface area contributed by atoms with Crippen LogP contribution in [0, 0.1) is 6.92 Å². The summed E-state index contributed by atoms with van der Waals surface area (Å²) in [5.74, 6) is 1.54. The third-order valence-corrected chi connectivity index (χ3v) is 5.56. The zero-order chi connectivity index (χ0) is 22.3. The summed E-state index contributed by atoms with van der Waals surface area (Å²) in [6.45, 7) is 2.58. The Balaban J connectivity index is 1.42. The molecule has 3 aromatic heterocycles. The molecule has 32 heavy (non-hydrogen) atoms. The van der Waals surface area contributed by atoms with Gasteiger partial charge in [-0.1, -0.05) is 42.1 Å². The molecule has 0 saturated carbocycles. The second-order valence-electron chi connectivity index (χ2n) is 6.87. The highest BCUT2D eigenvalue weighted by molar-refractivity contribution is 7.99. The van der Waals surface area contributed by atoms with Gasteiger partial charge in [-0.2, -0.15) is 0 Å². The molecule has 0 fully saturated rings. The van der Waals surface area contributed by atoms with Gasteiger partial charge in [-0.05, 0) is 30.7 Å². The standard InChI is InChI=1S/C22H21N5O4S/c1-15-18(9-11-30-15)20-25-26-22(27(20)13-16-6-3-2-4-7-16)32-14-19(28)24-21(29)23-12-17-8-5-10-31-17/h2-11H,12-14H2,1H3,(H2,23,24,28,29). The second-order valence-corrected chi connectivity index (χ2v) is 7.81. The van der Waals surface area contributed by atoms with Crippen molar-refractivity contribution in [1.82, 2.24) is 25.4 Å². The topological polar surface area (TPSA) is 115 Å². The van der Waals surface area contributed by atoms with Crippen LogP contribution in [0.2, 0.25) is 0 Å². The van der Waals surface area contributed by atoms with Crippen molar-refractivity contribution in [2.45, 2.75) is 25.2 Å². The lowest BCUT2D eigenvalue weighted by Crippen LogP contribution is -2.39. The molecular weight excluding hydrogens is 430 g/mol. The van der Waals surface area contributed by atoms with Crippen molar-refractivity contribution < 1.29 is 18.4 Å². The first-order valence-electron chi connectivity index (χ1n) is 9.84. The number of nitrogens with zero attached hydrogens (tertiary/aromatic N) is 3. The first kappa shape index (κ1) is 21.4. The number of thioether (sulfide) groups is 1. The molecule has 0 spiro atoms. The van der Waals surface area contributed by atoms with Crippen LogP contribution in [0.4, 0.5) is 4.79 Å². The number of carbonyl (C=O) groups is 2. The molecule has 2 N–H and O–H groups in total. The Kier molecular flexibility index (Phi) is 6.71. The maximum Gasteiger partial charge on any atom is 0.321 e. The van der Waals surface area contributed by atoms with Gasteiger partial charge in [0.15, 0.2) is 11.0 Å². The van der Waals surface area contributed by atoms with E-state index in [1.54, 1.807) is 18.4 Å². The van der Waals surface area contributed by atoms with Gasteiger partial charge in [0.25, 0.3) is 0 Å². The molecule has 10 heteroatoms. The monoisotopic (exact) mass is 451 g/mol. The number of nitrogens with one attached hydrogen (secondary N) is 2. The van der Waals surface area contributed by atoms with E-state index in [0.717, 1.165) is 16.9 Å². The molecule has 0 radical (unpaired) electrons. The maximum atomic E-state index is 12.3. The first-order valence-corrected chi connectivity index (χ1v) is 10.8. The zero-order valence-corrected chi connectivity index (χ0v) is 18.1. The molecular formula is C22H21N5O4S. The van der Waals surface area contributed by atoms with Gasteiger partial charge in [-0.15, -0.1) is 10.2 Å². The van der Waals surface area contributed by atoms with Gasteiger partial charge >= 0.3 is 6.03 Å². The summed E-state index contributed by atoms with van der Waals surface area (Å²) in [7, 11) is 0. The summed E-state index contributed by atoms with van der Waals surface area (Å²) >= 11 is 1.20. The van der Waals surface area contributed by atoms with Crippen molar-refractivity contribution in [2.75, 3.05) is 5.75 Å². The average molecular weight is 452 g/mol. The lowest BCUT2D eigenvalue weighted by Gasteiger charge is -2.10. The molecule has 0 aliphatic carbocycles. The fraction of sp³-hybridized carbons (Fsp3) is 0.182. The number of furan rings is 2. The van der Waals surface area contributed by atoms with Crippen LogP contribution in [0.5, 0.6) is 0 Å². The second kappa shape index (κ2) is 10.0. The van der Waals surface area contributed by atoms with Gasteiger partial charge in [0.1, 0.15) is 11.5 Å². The predicted octanol–water partition coefficient (Wildman–Crippen LogP) is 3.61. The van der Waals surface area contributed by atoms with Gasteiger partial charge in [0, 0.05) is 0 Å². The Morgan fingerprint density at radius 1 is 1.03 bits per heavy atom. The molecule has 3 heterocycles. The van der Waals surface area contributed by atoms with Gasteiger partial charge in [-0.3, -0.25) is 14.7 Å². The fourth-order valence-electron chi connectivity index (χ4n) is 3.04. The van der Waals surface area contributed by atoms with E-state index < -0.39 is 11.9 Å². The summed E-state index contributed by atoms with van der Waals surface area (Å²) in [5, 5.41) is 14.0. The van der Waals surface area contributed by atoms with E-state index in [-0.39, 0.29) is 12.3 Å². The van der Waals surface area contributed by atoms with E-state index in [2.05, 4.69) is 20.8 Å². The van der Waals surface area contributed by atoms with Gasteiger partial charge in [0.2, 0.25) is 5.91 Å². The Hall–Kier alpha value is -3.79. The number of amides is 3. The van der Waals surface area contributed by atoms with Crippen LogP contribution in [-0.2, 0) is 17.9 Å². The molecule has 0 atom stereocenters. The van der Waals surface area contributed by atoms with Crippen LogP contribution in [-0.4, -0.2) is 32.5 Å². The SMILES string of the molecule is Cc1occc1-c1nnc(SCC(=O)NC(=O)NCc2ccco2)n1Cc1ccccc1. The molecule has 0 saturated heterocycles. The van der Waals surface area contributed by atoms with E-state index >= 15 is 0 Å². The summed E-state index contributed by atoms with van der Waals surface area (Å²) in [6, 6.07) is 14.6. The number of carbonyl (C=O) groups excluding carboxylic acids is 2. The Morgan fingerprint density at radius 3 is 2.59 bits per heavy atom. The zero-order valence-electron chi connectivity index (χ0n) is 17.3. The van der Waals surface area contributed by atoms with Crippen LogP contribution in [0.15, 0.2) is 75.0 Å². The molecule has 0 unspecified atom stereocenters. The summed E-state index contributed by atoms with van der Waals surface area (Å²) in [6.07, 6.45) is 3.12. The molecule has 1 aromatic carbocycles. The van der Waals surface area contributed by atoms with Crippen molar-refractivity contribution in [1.29, 1.82) is 0 Å². The minimum absolute atomic E-state index is 0.00542. The van der Waals surface area contributed by atoms with Crippen LogP contribution in [0.3, 0.4) is 0 Å². The van der Waals surface area contributed by atoms with E-state index in [4.69, 9.17) is 8.83 Å². The number of aryl methyl sites for hydroxylation is 1. The van der Waals surface area contributed by atoms with Crippen LogP contribution in [0.1, 0.15) is 17.1 Å². The lowest BCUT2D eigenvalue weighted by molar-refractivity contribution is -0.117. The van der Waals surface area contributed by atoms with Crippen LogP contribution < -0.4 is 10.6 Å². The fourth-order valence-corrected chi connectivity index (χ4v) is 3.78. The summed E-state index contributed by atoms with van der Waals surface area (Å²) < 4.78 is 12.5. The van der Waals surface area contributed by atoms with Gasteiger partial charge in [0.05, 0.1) is 36.9 Å². The molecule has 0 aliphatic heterocycles. The number of imide groups is 1. The molecule has 0 aliphatic rings. The van der Waals surface area contributed by atoms with Gasteiger partial charge in [-0.25, -0.2) is 4.79 Å². The van der Waals surface area contributed by atoms with E-state index in [1.807, 2.05) is 47.9 Å². The van der Waals surface area contributed by atoms with Gasteiger partial charge < -0.3 is 14.2 Å². The maximum absolute atomic E-state index is 12.3. The highest BCUT2D eigenvalue weighted by atomic mass is 32.2. The predicted molar refractivity (Wildman–Crippen MR) is 118 cm³/mol. The van der Waals surface area contributed by atoms with Crippen molar-refractivity contribution >= 4 is 23.7 Å². The van der Waals surface area contributed by atoms with Crippen molar-refractivity contribution in [2.24, 2.45) is 0 Å². The highest BCUT2D eigenvalue weighted by Gasteiger charge is 2.19. The number of rotatable bonds is 8. The first-order chi connectivity index (χ1) is 15.6. The molecule has 164 valence electrons. The third kappa shape index (κ3) is 5.27. The normalized spacial score (nSPS) is 10.8. The van der Waals surface area contributed by atoms with E-state index in [9.17, 15) is 9.59 Å². The Bertz CT molecular complexity index is 1180. The van der Waals surface area contributed by atoms with E-state index in [0.29, 0.717) is 23.3 Å². The molecule has 9 nitrogen and oxygen atoms in total. The van der Waals surface area contributed by atoms with Crippen LogP contribution in [0.25, 0.3) is 11.4 Å². The van der Waals surface area contributed by atoms with Crippen LogP contribution >= 0.6 is 11.8 Å². The lowest BCUT2D eigenvalue weighted by atomic mass is 10.2. The van der Waals surface area contributed by atoms with Crippen molar-refractivity contribution in [3.05, 3.63) is 78.1 Å². The van der Waals surface area contributed by atoms with Crippen molar-refractivity contribution in [3.8, 4) is 11.4 Å². The number of urea groups is 1. The number of benzene rings is 1. The minimum Gasteiger partial charge on any atom is -0.469 e. The minimum atomic E-state index is -0.590. The average Bonchev–Trinajstić information content (AvgIpc) is 3.53. The molecule has 3 amide bonds. The number of hydrogen-bond donors (Lipinski definition) is 2. The summed E-state index contributed by atoms with van der Waals surface area (Å²) in [4.78, 5) is 24.2. The van der Waals surface area contributed by atoms with E-state index in [1.165, 1.54) is 18.0 Å². The largest absolute Gasteiger partial charge is 0.469 e. The quantitative estimate of drug-likeness (QED) is 0.393. The Labute approximate surface area is 188 Å². The molecule has 4 rings (SSSR count). The highest BCUT2D eigenvalue weighted by Crippen LogP contribution is 2.27. The smallest absolute Gasteiger partial charge is 0.321 e. The summed E-state index contributed by atoms with van der Waals surface area (Å²) in [5.41, 5.74) is 1.90. The number of aromatic nitrogens is 3. The third-order valence-electron chi connectivity index (χ3n) is 4.59.